The van der Waals surface area contributed by atoms with E-state index in [9.17, 15) is 19.2 Å². The van der Waals surface area contributed by atoms with E-state index < -0.39 is 23.2 Å². The number of carbonyl (C=O) groups is 2. The quantitative estimate of drug-likeness (QED) is 0.630. The monoisotopic (exact) mass is 380 g/mol. The molecule has 0 fully saturated rings. The molecule has 0 saturated carbocycles. The van der Waals surface area contributed by atoms with Gasteiger partial charge in [0.25, 0.3) is 5.56 Å². The molecule has 8 nitrogen and oxygen atoms in total. The van der Waals surface area contributed by atoms with Gasteiger partial charge >= 0.3 is 5.69 Å². The molecule has 3 rings (SSSR count). The van der Waals surface area contributed by atoms with Crippen molar-refractivity contribution >= 4 is 34.1 Å². The number of H-pyrrole nitrogens is 1. The van der Waals surface area contributed by atoms with Crippen LogP contribution in [0.3, 0.4) is 0 Å². The Morgan fingerprint density at radius 1 is 1.00 bits per heavy atom. The first-order valence-corrected chi connectivity index (χ1v) is 8.82. The first-order chi connectivity index (χ1) is 13.4. The summed E-state index contributed by atoms with van der Waals surface area (Å²) in [7, 11) is 0. The Labute approximate surface area is 160 Å². The highest BCUT2D eigenvalue weighted by Crippen LogP contribution is 2.17. The Bertz CT molecular complexity index is 1150. The summed E-state index contributed by atoms with van der Waals surface area (Å²) in [6.45, 7) is 3.13. The maximum Gasteiger partial charge on any atom is 0.329 e. The third kappa shape index (κ3) is 3.85. The second kappa shape index (κ2) is 7.91. The average molecular weight is 380 g/mol. The van der Waals surface area contributed by atoms with Crippen LogP contribution in [0.25, 0.3) is 10.9 Å². The van der Waals surface area contributed by atoms with E-state index in [1.54, 1.807) is 55.5 Å². The van der Waals surface area contributed by atoms with Crippen molar-refractivity contribution in [1.29, 1.82) is 0 Å². The maximum absolute atomic E-state index is 12.8. The fourth-order valence-electron chi connectivity index (χ4n) is 3.01. The molecule has 2 aromatic carbocycles. The number of hydrogen-bond donors (Lipinski definition) is 3. The number of fused-ring (bicyclic) bond motifs is 1. The molecular formula is C20H20N4O4. The Kier molecular flexibility index (Phi) is 5.39. The molecule has 144 valence electrons. The van der Waals surface area contributed by atoms with E-state index >= 15 is 0 Å². The van der Waals surface area contributed by atoms with E-state index in [0.29, 0.717) is 22.3 Å². The summed E-state index contributed by atoms with van der Waals surface area (Å²) in [5, 5.41) is 5.69. The van der Waals surface area contributed by atoms with Crippen LogP contribution in [0.1, 0.15) is 26.3 Å². The van der Waals surface area contributed by atoms with Crippen LogP contribution in [0.5, 0.6) is 0 Å². The van der Waals surface area contributed by atoms with E-state index in [0.717, 1.165) is 4.57 Å². The van der Waals surface area contributed by atoms with Gasteiger partial charge in [-0.2, -0.15) is 0 Å². The first-order valence-electron chi connectivity index (χ1n) is 8.82. The lowest BCUT2D eigenvalue weighted by atomic mass is 10.1. The largest absolute Gasteiger partial charge is 0.329 e. The minimum Gasteiger partial charge on any atom is -0.326 e. The summed E-state index contributed by atoms with van der Waals surface area (Å²) in [5.41, 5.74) is 0.370. The number of aromatic nitrogens is 2. The topological polar surface area (TPSA) is 113 Å². The number of nitrogens with one attached hydrogen (secondary N) is 3. The zero-order valence-electron chi connectivity index (χ0n) is 15.5. The molecule has 0 saturated heterocycles. The Morgan fingerprint density at radius 3 is 2.21 bits per heavy atom. The van der Waals surface area contributed by atoms with E-state index in [-0.39, 0.29) is 12.3 Å². The second-order valence-corrected chi connectivity index (χ2v) is 6.32. The van der Waals surface area contributed by atoms with Gasteiger partial charge in [-0.1, -0.05) is 19.1 Å². The average Bonchev–Trinajstić information content (AvgIpc) is 2.66. The van der Waals surface area contributed by atoms with Gasteiger partial charge in [-0.3, -0.25) is 14.4 Å². The highest BCUT2D eigenvalue weighted by atomic mass is 16.2. The van der Waals surface area contributed by atoms with Crippen LogP contribution in [0.15, 0.2) is 58.1 Å². The summed E-state index contributed by atoms with van der Waals surface area (Å²) < 4.78 is 0.948. The van der Waals surface area contributed by atoms with Gasteiger partial charge in [-0.05, 0) is 42.8 Å². The summed E-state index contributed by atoms with van der Waals surface area (Å²) in [6, 6.07) is 12.2. The van der Waals surface area contributed by atoms with Crippen molar-refractivity contribution in [2.75, 3.05) is 10.6 Å². The zero-order chi connectivity index (χ0) is 20.3. The van der Waals surface area contributed by atoms with E-state index in [2.05, 4.69) is 15.6 Å². The molecule has 0 unspecified atom stereocenters. The molecule has 1 aromatic heterocycles. The molecule has 3 N–H and O–H groups in total. The second-order valence-electron chi connectivity index (χ2n) is 6.32. The predicted molar refractivity (Wildman–Crippen MR) is 108 cm³/mol. The number of rotatable bonds is 5. The molecule has 1 atom stereocenters. The zero-order valence-corrected chi connectivity index (χ0v) is 15.5. The molecule has 0 aliphatic carbocycles. The van der Waals surface area contributed by atoms with Crippen molar-refractivity contribution in [1.82, 2.24) is 9.55 Å². The minimum absolute atomic E-state index is 0.197. The van der Waals surface area contributed by atoms with Crippen molar-refractivity contribution in [3.8, 4) is 0 Å². The lowest BCUT2D eigenvalue weighted by Crippen LogP contribution is -2.42. The number of aromatic amines is 1. The summed E-state index contributed by atoms with van der Waals surface area (Å²) in [6.07, 6.45) is 0.261. The van der Waals surface area contributed by atoms with Crippen LogP contribution in [-0.2, 0) is 9.59 Å². The molecular weight excluding hydrogens is 360 g/mol. The van der Waals surface area contributed by atoms with Crippen molar-refractivity contribution in [2.24, 2.45) is 0 Å². The van der Waals surface area contributed by atoms with Gasteiger partial charge in [-0.15, -0.1) is 0 Å². The number of nitrogens with zero attached hydrogens (tertiary/aromatic N) is 1. The lowest BCUT2D eigenvalue weighted by molar-refractivity contribution is -0.119. The number of hydrogen-bond acceptors (Lipinski definition) is 4. The highest BCUT2D eigenvalue weighted by molar-refractivity contribution is 5.94. The summed E-state index contributed by atoms with van der Waals surface area (Å²) in [4.78, 5) is 51.7. The van der Waals surface area contributed by atoms with Crippen molar-refractivity contribution in [3.63, 3.8) is 0 Å². The van der Waals surface area contributed by atoms with Gasteiger partial charge in [0.1, 0.15) is 6.04 Å². The fourth-order valence-corrected chi connectivity index (χ4v) is 3.01. The van der Waals surface area contributed by atoms with E-state index in [1.165, 1.54) is 6.92 Å². The lowest BCUT2D eigenvalue weighted by Gasteiger charge is -2.17. The smallest absolute Gasteiger partial charge is 0.326 e. The molecule has 0 spiro atoms. The van der Waals surface area contributed by atoms with Crippen LogP contribution < -0.4 is 21.9 Å². The van der Waals surface area contributed by atoms with Crippen LogP contribution in [0.2, 0.25) is 0 Å². The highest BCUT2D eigenvalue weighted by Gasteiger charge is 2.23. The van der Waals surface area contributed by atoms with Gasteiger partial charge in [0.2, 0.25) is 11.8 Å². The summed E-state index contributed by atoms with van der Waals surface area (Å²) >= 11 is 0. The van der Waals surface area contributed by atoms with E-state index in [1.807, 2.05) is 0 Å². The minimum atomic E-state index is -0.962. The third-order valence-corrected chi connectivity index (χ3v) is 4.31. The van der Waals surface area contributed by atoms with Crippen LogP contribution in [0.4, 0.5) is 11.4 Å². The standard InChI is InChI=1S/C20H20N4O4/c1-3-17(18(26)22-14-10-8-13(9-11-14)21-12(2)25)24-19(27)15-6-4-5-7-16(15)23-20(24)28/h4-11,17H,3H2,1-2H3,(H,21,25)(H,22,26)(H,23,28)/t17-/m1/s1. The van der Waals surface area contributed by atoms with Crippen LogP contribution >= 0.6 is 0 Å². The van der Waals surface area contributed by atoms with Gasteiger partial charge in [0.05, 0.1) is 10.9 Å². The van der Waals surface area contributed by atoms with Crippen LogP contribution in [0, 0.1) is 0 Å². The molecule has 3 aromatic rings. The van der Waals surface area contributed by atoms with Crippen molar-refractivity contribution < 1.29 is 9.59 Å². The van der Waals surface area contributed by atoms with Crippen LogP contribution in [-0.4, -0.2) is 21.4 Å². The number of para-hydroxylation sites is 1. The molecule has 2 amide bonds. The fraction of sp³-hybridized carbons (Fsp3) is 0.200. The van der Waals surface area contributed by atoms with Crippen molar-refractivity contribution in [3.05, 3.63) is 69.4 Å². The Hall–Kier alpha value is -3.68. The number of benzene rings is 2. The van der Waals surface area contributed by atoms with Gasteiger partial charge < -0.3 is 15.6 Å². The van der Waals surface area contributed by atoms with E-state index in [4.69, 9.17) is 0 Å². The molecule has 0 aliphatic heterocycles. The number of carbonyl (C=O) groups excluding carboxylic acids is 2. The Balaban J connectivity index is 1.90. The molecule has 1 heterocycles. The van der Waals surface area contributed by atoms with Gasteiger partial charge in [0.15, 0.2) is 0 Å². The number of amides is 2. The maximum atomic E-state index is 12.8. The van der Waals surface area contributed by atoms with Crippen molar-refractivity contribution in [2.45, 2.75) is 26.3 Å². The molecule has 0 aliphatic rings. The number of anilines is 2. The molecule has 0 bridgehead atoms. The first kappa shape index (κ1) is 19.1. The Morgan fingerprint density at radius 2 is 1.61 bits per heavy atom. The van der Waals surface area contributed by atoms with Gasteiger partial charge in [0, 0.05) is 18.3 Å². The SMILES string of the molecule is CC[C@H](C(=O)Nc1ccc(NC(C)=O)cc1)n1c(=O)[nH]c2ccccc2c1=O. The normalized spacial score (nSPS) is 11.8. The van der Waals surface area contributed by atoms with Gasteiger partial charge in [-0.25, -0.2) is 9.36 Å². The molecule has 28 heavy (non-hydrogen) atoms. The molecule has 0 radical (unpaired) electrons. The third-order valence-electron chi connectivity index (χ3n) is 4.31. The predicted octanol–water partition coefficient (Wildman–Crippen LogP) is 2.24. The summed E-state index contributed by atoms with van der Waals surface area (Å²) in [5.74, 6) is -0.671. The molecule has 8 heteroatoms.